The molecule has 0 aromatic heterocycles. The highest BCUT2D eigenvalue weighted by Gasteiger charge is 2.24. The summed E-state index contributed by atoms with van der Waals surface area (Å²) in [5.41, 5.74) is 8.18. The molecule has 2 aromatic rings. The van der Waals surface area contributed by atoms with E-state index >= 15 is 0 Å². The zero-order valence-corrected chi connectivity index (χ0v) is 19.3. The van der Waals surface area contributed by atoms with E-state index in [4.69, 9.17) is 5.73 Å². The van der Waals surface area contributed by atoms with E-state index in [0.717, 1.165) is 51.9 Å². The van der Waals surface area contributed by atoms with Crippen LogP contribution in [0.1, 0.15) is 32.1 Å². The highest BCUT2D eigenvalue weighted by atomic mass is 32.2. The summed E-state index contributed by atoms with van der Waals surface area (Å²) >= 11 is 3.68. The molecule has 0 saturated carbocycles. The first-order chi connectivity index (χ1) is 14.7. The van der Waals surface area contributed by atoms with Gasteiger partial charge in [-0.1, -0.05) is 23.9 Å². The summed E-state index contributed by atoms with van der Waals surface area (Å²) in [4.78, 5) is 20.5. The summed E-state index contributed by atoms with van der Waals surface area (Å²) in [5, 5.41) is 0. The number of benzene rings is 2. The van der Waals surface area contributed by atoms with Crippen LogP contribution in [0, 0.1) is 5.92 Å². The maximum absolute atomic E-state index is 11.5. The average Bonchev–Trinajstić information content (AvgIpc) is 3.01. The molecule has 160 valence electrons. The molecule has 6 heteroatoms. The normalized spacial score (nSPS) is 19.1. The van der Waals surface area contributed by atoms with Crippen molar-refractivity contribution in [2.24, 2.45) is 11.7 Å². The van der Waals surface area contributed by atoms with Gasteiger partial charge in [-0.2, -0.15) is 0 Å². The van der Waals surface area contributed by atoms with E-state index < -0.39 is 0 Å². The molecule has 0 bridgehead atoms. The van der Waals surface area contributed by atoms with Crippen LogP contribution in [0.25, 0.3) is 0 Å². The molecule has 2 N–H and O–H groups in total. The van der Waals surface area contributed by atoms with Gasteiger partial charge in [0.15, 0.2) is 0 Å². The van der Waals surface area contributed by atoms with E-state index in [1.165, 1.54) is 32.5 Å². The van der Waals surface area contributed by atoms with Gasteiger partial charge in [0, 0.05) is 27.1 Å². The number of rotatable bonds is 7. The van der Waals surface area contributed by atoms with Crippen LogP contribution < -0.4 is 10.6 Å². The lowest BCUT2D eigenvalue weighted by atomic mass is 10.0. The smallest absolute Gasteiger partial charge is 0.220 e. The van der Waals surface area contributed by atoms with Crippen LogP contribution in [0.15, 0.2) is 57.2 Å². The lowest BCUT2D eigenvalue weighted by Gasteiger charge is -2.33. The van der Waals surface area contributed by atoms with Crippen LogP contribution >= 0.6 is 23.5 Å². The number of fused-ring (bicyclic) bond motifs is 2. The first-order valence-corrected chi connectivity index (χ1v) is 12.9. The number of carbonyl (C=O) groups is 1. The number of primary amides is 1. The Balaban J connectivity index is 1.38. The van der Waals surface area contributed by atoms with Crippen LogP contribution in [-0.4, -0.2) is 43.2 Å². The van der Waals surface area contributed by atoms with Gasteiger partial charge < -0.3 is 15.5 Å². The van der Waals surface area contributed by atoms with Gasteiger partial charge in [-0.05, 0) is 88.3 Å². The van der Waals surface area contributed by atoms with Crippen molar-refractivity contribution in [3.05, 3.63) is 42.5 Å². The second-order valence-electron chi connectivity index (χ2n) is 8.13. The van der Waals surface area contributed by atoms with Crippen molar-refractivity contribution in [1.82, 2.24) is 4.90 Å². The number of nitrogens with two attached hydrogens (primary N) is 1. The van der Waals surface area contributed by atoms with Gasteiger partial charge in [-0.25, -0.2) is 0 Å². The molecule has 1 unspecified atom stereocenters. The first-order valence-electron chi connectivity index (χ1n) is 10.9. The molecule has 2 aliphatic heterocycles. The number of likely N-dealkylation sites (tertiary alicyclic amines) is 1. The summed E-state index contributed by atoms with van der Waals surface area (Å²) in [6.45, 7) is 4.22. The molecule has 30 heavy (non-hydrogen) atoms. The molecule has 2 heterocycles. The fourth-order valence-corrected chi connectivity index (χ4v) is 5.96. The molecule has 2 aliphatic rings. The number of unbranched alkanes of at least 4 members (excludes halogenated alkanes) is 1. The molecule has 4 rings (SSSR count). The number of hydrogen-bond acceptors (Lipinski definition) is 5. The van der Waals surface area contributed by atoms with E-state index in [9.17, 15) is 4.79 Å². The van der Waals surface area contributed by atoms with Gasteiger partial charge in [-0.15, -0.1) is 11.8 Å². The maximum atomic E-state index is 11.5. The Morgan fingerprint density at radius 3 is 2.70 bits per heavy atom. The molecule has 4 nitrogen and oxygen atoms in total. The van der Waals surface area contributed by atoms with Crippen molar-refractivity contribution in [1.29, 1.82) is 0 Å². The third-order valence-corrected chi connectivity index (χ3v) is 8.02. The van der Waals surface area contributed by atoms with Gasteiger partial charge >= 0.3 is 0 Å². The Labute approximate surface area is 188 Å². The molecule has 0 spiro atoms. The molecule has 2 aromatic carbocycles. The zero-order valence-electron chi connectivity index (χ0n) is 17.7. The van der Waals surface area contributed by atoms with Crippen LogP contribution in [0.3, 0.4) is 0 Å². The van der Waals surface area contributed by atoms with Crippen molar-refractivity contribution >= 4 is 40.8 Å². The molecule has 0 aliphatic carbocycles. The van der Waals surface area contributed by atoms with E-state index in [1.807, 2.05) is 11.8 Å². The molecule has 1 atom stereocenters. The number of amides is 1. The van der Waals surface area contributed by atoms with Crippen LogP contribution in [0.5, 0.6) is 0 Å². The highest BCUT2D eigenvalue weighted by Crippen LogP contribution is 2.48. The molecule has 0 radical (unpaired) electrons. The average molecular weight is 442 g/mol. The third-order valence-electron chi connectivity index (χ3n) is 6.16. The van der Waals surface area contributed by atoms with E-state index in [0.29, 0.717) is 0 Å². The standard InChI is InChI=1S/C24H31N3OS2/c1-29-19-10-11-23-21(17-19)27(20-8-2-3-9-22(20)30-23)15-5-4-13-26-14-6-7-18(12-16-26)24(25)28/h2-3,8-11,17-18H,4-7,12-16H2,1H3,(H2,25,28). The van der Waals surface area contributed by atoms with Crippen molar-refractivity contribution in [3.63, 3.8) is 0 Å². The minimum absolute atomic E-state index is 0.0690. The fraction of sp³-hybridized carbons (Fsp3) is 0.458. The molecular weight excluding hydrogens is 410 g/mol. The second kappa shape index (κ2) is 10.1. The van der Waals surface area contributed by atoms with Gasteiger partial charge in [0.25, 0.3) is 0 Å². The van der Waals surface area contributed by atoms with Gasteiger partial charge in [-0.3, -0.25) is 4.79 Å². The zero-order chi connectivity index (χ0) is 20.9. The van der Waals surface area contributed by atoms with Crippen LogP contribution in [0.4, 0.5) is 11.4 Å². The Kier molecular flexibility index (Phi) is 7.28. The first kappa shape index (κ1) is 21.6. The summed E-state index contributed by atoms with van der Waals surface area (Å²) in [5.74, 6) is -0.0544. The third kappa shape index (κ3) is 4.98. The predicted octanol–water partition coefficient (Wildman–Crippen LogP) is 5.38. The monoisotopic (exact) mass is 441 g/mol. The Morgan fingerprint density at radius 2 is 1.87 bits per heavy atom. The van der Waals surface area contributed by atoms with Crippen molar-refractivity contribution in [2.45, 2.75) is 46.8 Å². The topological polar surface area (TPSA) is 49.6 Å². The lowest BCUT2D eigenvalue weighted by molar-refractivity contribution is -0.122. The Morgan fingerprint density at radius 1 is 1.07 bits per heavy atom. The van der Waals surface area contributed by atoms with E-state index in [1.54, 1.807) is 11.8 Å². The second-order valence-corrected chi connectivity index (χ2v) is 10.1. The molecular formula is C24H31N3OS2. The van der Waals surface area contributed by atoms with Gasteiger partial charge in [0.1, 0.15) is 0 Å². The highest BCUT2D eigenvalue weighted by molar-refractivity contribution is 8.00. The molecule has 1 saturated heterocycles. The lowest BCUT2D eigenvalue weighted by Crippen LogP contribution is -2.28. The number of carbonyl (C=O) groups excluding carboxylic acids is 1. The fourth-order valence-electron chi connectivity index (χ4n) is 4.45. The van der Waals surface area contributed by atoms with E-state index in [-0.39, 0.29) is 11.8 Å². The number of para-hydroxylation sites is 1. The van der Waals surface area contributed by atoms with Crippen molar-refractivity contribution in [2.75, 3.05) is 37.3 Å². The predicted molar refractivity (Wildman–Crippen MR) is 128 cm³/mol. The Bertz CT molecular complexity index is 889. The summed E-state index contributed by atoms with van der Waals surface area (Å²) in [7, 11) is 0. The summed E-state index contributed by atoms with van der Waals surface area (Å²) < 4.78 is 0. The Hall–Kier alpha value is -1.63. The van der Waals surface area contributed by atoms with Gasteiger partial charge in [0.05, 0.1) is 11.4 Å². The summed E-state index contributed by atoms with van der Waals surface area (Å²) in [6, 6.07) is 15.6. The van der Waals surface area contributed by atoms with Crippen molar-refractivity contribution < 1.29 is 4.79 Å². The number of thioether (sulfide) groups is 1. The number of hydrogen-bond donors (Lipinski definition) is 1. The van der Waals surface area contributed by atoms with E-state index in [2.05, 4.69) is 58.5 Å². The van der Waals surface area contributed by atoms with Crippen LogP contribution in [0.2, 0.25) is 0 Å². The molecule has 1 fully saturated rings. The largest absolute Gasteiger partial charge is 0.369 e. The SMILES string of the molecule is CSc1ccc2c(c1)N(CCCCN1CCCC(C(N)=O)CC1)c1ccccc1S2. The number of nitrogens with zero attached hydrogens (tertiary/aromatic N) is 2. The van der Waals surface area contributed by atoms with Crippen molar-refractivity contribution in [3.8, 4) is 0 Å². The summed E-state index contributed by atoms with van der Waals surface area (Å²) in [6.07, 6.45) is 7.40. The minimum atomic E-state index is -0.123. The van der Waals surface area contributed by atoms with Crippen LogP contribution in [-0.2, 0) is 4.79 Å². The molecule has 1 amide bonds. The maximum Gasteiger partial charge on any atom is 0.220 e. The number of anilines is 2. The van der Waals surface area contributed by atoms with Gasteiger partial charge in [0.2, 0.25) is 5.91 Å². The minimum Gasteiger partial charge on any atom is -0.369 e. The quantitative estimate of drug-likeness (QED) is 0.462.